The fourth-order valence-corrected chi connectivity index (χ4v) is 2.26. The Hall–Kier alpha value is -2.73. The Balaban J connectivity index is 2.32. The van der Waals surface area contributed by atoms with Crippen LogP contribution in [0.4, 0.5) is 5.69 Å². The normalized spacial score (nSPS) is 10.0. The van der Waals surface area contributed by atoms with Crippen LogP contribution in [-0.2, 0) is 4.74 Å². The number of hydrogen-bond acceptors (Lipinski definition) is 5. The van der Waals surface area contributed by atoms with E-state index in [0.29, 0.717) is 17.0 Å². The largest absolute Gasteiger partial charge is 0.497 e. The molecule has 0 unspecified atom stereocenters. The minimum Gasteiger partial charge on any atom is -0.497 e. The van der Waals surface area contributed by atoms with Gasteiger partial charge in [-0.3, -0.25) is 4.79 Å². The van der Waals surface area contributed by atoms with Crippen molar-refractivity contribution < 1.29 is 23.8 Å². The average molecular weight is 350 g/mol. The van der Waals surface area contributed by atoms with Gasteiger partial charge in [-0.05, 0) is 24.3 Å². The van der Waals surface area contributed by atoms with Crippen LogP contribution in [0.25, 0.3) is 0 Å². The Labute approximate surface area is 144 Å². The fraction of sp³-hybridized carbons (Fsp3) is 0.176. The van der Waals surface area contributed by atoms with Gasteiger partial charge in [0.15, 0.2) is 0 Å². The van der Waals surface area contributed by atoms with E-state index >= 15 is 0 Å². The number of carbonyl (C=O) groups excluding carboxylic acids is 2. The molecule has 0 saturated heterocycles. The second-order valence-electron chi connectivity index (χ2n) is 4.71. The number of rotatable bonds is 5. The van der Waals surface area contributed by atoms with E-state index in [1.54, 1.807) is 24.3 Å². The highest BCUT2D eigenvalue weighted by molar-refractivity contribution is 6.34. The second kappa shape index (κ2) is 7.70. The molecular formula is C17H16ClNO5. The predicted molar refractivity (Wildman–Crippen MR) is 90.3 cm³/mol. The minimum atomic E-state index is -0.584. The zero-order valence-corrected chi connectivity index (χ0v) is 14.1. The molecule has 126 valence electrons. The van der Waals surface area contributed by atoms with E-state index in [0.717, 1.165) is 0 Å². The van der Waals surface area contributed by atoms with Crippen molar-refractivity contribution in [2.75, 3.05) is 26.6 Å². The van der Waals surface area contributed by atoms with Crippen LogP contribution >= 0.6 is 11.6 Å². The summed E-state index contributed by atoms with van der Waals surface area (Å²) < 4.78 is 14.9. The molecule has 24 heavy (non-hydrogen) atoms. The van der Waals surface area contributed by atoms with Crippen LogP contribution in [0.5, 0.6) is 11.5 Å². The van der Waals surface area contributed by atoms with E-state index in [4.69, 9.17) is 21.1 Å². The average Bonchev–Trinajstić information content (AvgIpc) is 2.62. The zero-order valence-electron chi connectivity index (χ0n) is 13.4. The second-order valence-corrected chi connectivity index (χ2v) is 5.12. The first-order chi connectivity index (χ1) is 11.5. The van der Waals surface area contributed by atoms with Gasteiger partial charge in [0.05, 0.1) is 32.0 Å². The van der Waals surface area contributed by atoms with Crippen molar-refractivity contribution in [1.82, 2.24) is 0 Å². The molecule has 0 radical (unpaired) electrons. The molecule has 0 aromatic heterocycles. The summed E-state index contributed by atoms with van der Waals surface area (Å²) in [7, 11) is 4.18. The van der Waals surface area contributed by atoms with Crippen LogP contribution in [0, 0.1) is 0 Å². The molecule has 0 heterocycles. The third-order valence-corrected chi connectivity index (χ3v) is 3.59. The quantitative estimate of drug-likeness (QED) is 0.837. The van der Waals surface area contributed by atoms with Crippen molar-refractivity contribution in [2.45, 2.75) is 0 Å². The molecule has 0 fully saturated rings. The lowest BCUT2D eigenvalue weighted by Crippen LogP contribution is -2.13. The number of benzene rings is 2. The summed E-state index contributed by atoms with van der Waals surface area (Å²) in [5.74, 6) is -0.150. The highest BCUT2D eigenvalue weighted by atomic mass is 35.5. The van der Waals surface area contributed by atoms with Crippen LogP contribution in [-0.4, -0.2) is 33.2 Å². The third-order valence-electron chi connectivity index (χ3n) is 3.27. The van der Waals surface area contributed by atoms with Gasteiger partial charge in [0.1, 0.15) is 17.1 Å². The first-order valence-electron chi connectivity index (χ1n) is 6.91. The summed E-state index contributed by atoms with van der Waals surface area (Å²) in [6, 6.07) is 9.53. The summed E-state index contributed by atoms with van der Waals surface area (Å²) in [5.41, 5.74) is 0.889. The maximum absolute atomic E-state index is 12.4. The number of amides is 1. The molecule has 1 N–H and O–H groups in total. The minimum absolute atomic E-state index is 0.171. The van der Waals surface area contributed by atoms with Crippen molar-refractivity contribution in [3.05, 3.63) is 52.5 Å². The van der Waals surface area contributed by atoms with Gasteiger partial charge in [0.2, 0.25) is 0 Å². The molecular weight excluding hydrogens is 334 g/mol. The number of ether oxygens (including phenoxy) is 3. The topological polar surface area (TPSA) is 73.9 Å². The summed E-state index contributed by atoms with van der Waals surface area (Å²) in [4.78, 5) is 24.1. The fourth-order valence-electron chi connectivity index (χ4n) is 2.05. The van der Waals surface area contributed by atoms with Crippen LogP contribution in [0.3, 0.4) is 0 Å². The Bertz CT molecular complexity index is 776. The number of halogens is 1. The van der Waals surface area contributed by atoms with Gasteiger partial charge in [-0.1, -0.05) is 17.7 Å². The number of anilines is 1. The molecule has 0 aliphatic rings. The molecule has 7 heteroatoms. The smallest absolute Gasteiger partial charge is 0.341 e. The lowest BCUT2D eigenvalue weighted by atomic mass is 10.1. The van der Waals surface area contributed by atoms with E-state index < -0.39 is 5.97 Å². The van der Waals surface area contributed by atoms with Crippen LogP contribution in [0.15, 0.2) is 36.4 Å². The zero-order chi connectivity index (χ0) is 17.7. The molecule has 2 rings (SSSR count). The van der Waals surface area contributed by atoms with Gasteiger partial charge in [0, 0.05) is 11.6 Å². The van der Waals surface area contributed by atoms with Crippen LogP contribution in [0.2, 0.25) is 5.02 Å². The Morgan fingerprint density at radius 1 is 1.04 bits per heavy atom. The van der Waals surface area contributed by atoms with Crippen LogP contribution in [0.1, 0.15) is 20.7 Å². The summed E-state index contributed by atoms with van der Waals surface area (Å²) >= 11 is 6.15. The summed E-state index contributed by atoms with van der Waals surface area (Å²) in [6.45, 7) is 0. The van der Waals surface area contributed by atoms with Crippen molar-refractivity contribution in [1.29, 1.82) is 0 Å². The van der Waals surface area contributed by atoms with E-state index in [9.17, 15) is 9.59 Å². The maximum atomic E-state index is 12.4. The van der Waals surface area contributed by atoms with E-state index in [1.807, 2.05) is 0 Å². The molecule has 2 aromatic carbocycles. The number of carbonyl (C=O) groups is 2. The Kier molecular flexibility index (Phi) is 5.65. The molecule has 0 aliphatic heterocycles. The first kappa shape index (κ1) is 17.6. The molecule has 0 spiro atoms. The SMILES string of the molecule is COC(=O)c1cc(Cl)c(NC(=O)c2cccc(OC)c2)cc1OC. The molecule has 1 amide bonds. The monoisotopic (exact) mass is 349 g/mol. The van der Waals surface area contributed by atoms with Gasteiger partial charge in [-0.25, -0.2) is 4.79 Å². The highest BCUT2D eigenvalue weighted by Crippen LogP contribution is 2.31. The number of esters is 1. The Morgan fingerprint density at radius 3 is 2.42 bits per heavy atom. The van der Waals surface area contributed by atoms with Crippen molar-refractivity contribution in [3.63, 3.8) is 0 Å². The lowest BCUT2D eigenvalue weighted by Gasteiger charge is -2.12. The van der Waals surface area contributed by atoms with Gasteiger partial charge >= 0.3 is 5.97 Å². The first-order valence-corrected chi connectivity index (χ1v) is 7.29. The molecule has 0 saturated carbocycles. The highest BCUT2D eigenvalue weighted by Gasteiger charge is 2.18. The third kappa shape index (κ3) is 3.78. The lowest BCUT2D eigenvalue weighted by molar-refractivity contribution is 0.0597. The number of hydrogen-bond donors (Lipinski definition) is 1. The molecule has 0 atom stereocenters. The van der Waals surface area contributed by atoms with Crippen molar-refractivity contribution in [2.24, 2.45) is 0 Å². The van der Waals surface area contributed by atoms with Gasteiger partial charge in [-0.2, -0.15) is 0 Å². The van der Waals surface area contributed by atoms with Gasteiger partial charge in [-0.15, -0.1) is 0 Å². The standard InChI is InChI=1S/C17H16ClNO5/c1-22-11-6-4-5-10(7-11)16(20)19-14-9-15(23-2)12(8-13(14)18)17(21)24-3/h4-9H,1-3H3,(H,19,20). The maximum Gasteiger partial charge on any atom is 0.341 e. The van der Waals surface area contributed by atoms with E-state index in [-0.39, 0.29) is 22.2 Å². The summed E-state index contributed by atoms with van der Waals surface area (Å²) in [5, 5.41) is 2.87. The Morgan fingerprint density at radius 2 is 1.79 bits per heavy atom. The van der Waals surface area contributed by atoms with Gasteiger partial charge < -0.3 is 19.5 Å². The summed E-state index contributed by atoms with van der Waals surface area (Å²) in [6.07, 6.45) is 0. The number of nitrogens with one attached hydrogen (secondary N) is 1. The van der Waals surface area contributed by atoms with Crippen molar-refractivity contribution in [3.8, 4) is 11.5 Å². The van der Waals surface area contributed by atoms with Gasteiger partial charge in [0.25, 0.3) is 5.91 Å². The van der Waals surface area contributed by atoms with Crippen LogP contribution < -0.4 is 14.8 Å². The molecule has 2 aromatic rings. The predicted octanol–water partition coefficient (Wildman–Crippen LogP) is 3.40. The number of methoxy groups -OCH3 is 3. The molecule has 6 nitrogen and oxygen atoms in total. The molecule has 0 bridgehead atoms. The molecule has 0 aliphatic carbocycles. The van der Waals surface area contributed by atoms with E-state index in [2.05, 4.69) is 10.1 Å². The van der Waals surface area contributed by atoms with Crippen molar-refractivity contribution >= 4 is 29.2 Å². The van der Waals surface area contributed by atoms with E-state index in [1.165, 1.54) is 33.5 Å².